The first kappa shape index (κ1) is 19.7. The van der Waals surface area contributed by atoms with Gasteiger partial charge in [0.25, 0.3) is 0 Å². The van der Waals surface area contributed by atoms with Gasteiger partial charge < -0.3 is 10.1 Å². The highest BCUT2D eigenvalue weighted by atomic mass is 32.2. The zero-order chi connectivity index (χ0) is 18.6. The summed E-state index contributed by atoms with van der Waals surface area (Å²) in [6.07, 6.45) is 2.33. The van der Waals surface area contributed by atoms with Gasteiger partial charge in [0, 0.05) is 19.0 Å². The topological polar surface area (TPSA) is 75.7 Å². The Morgan fingerprint density at radius 1 is 1.28 bits per heavy atom. The van der Waals surface area contributed by atoms with Gasteiger partial charge in [-0.2, -0.15) is 0 Å². The van der Waals surface area contributed by atoms with E-state index in [-0.39, 0.29) is 17.9 Å². The molecule has 0 aromatic heterocycles. The minimum absolute atomic E-state index is 0.0238. The Hall–Kier alpha value is -1.60. The van der Waals surface area contributed by atoms with E-state index in [9.17, 15) is 13.2 Å². The number of benzene rings is 1. The van der Waals surface area contributed by atoms with Crippen molar-refractivity contribution < 1.29 is 17.9 Å². The summed E-state index contributed by atoms with van der Waals surface area (Å²) in [5, 5.41) is 2.97. The zero-order valence-corrected chi connectivity index (χ0v) is 16.2. The van der Waals surface area contributed by atoms with Gasteiger partial charge in [0.15, 0.2) is 0 Å². The van der Waals surface area contributed by atoms with Crippen molar-refractivity contribution in [3.8, 4) is 5.75 Å². The van der Waals surface area contributed by atoms with Gasteiger partial charge in [-0.1, -0.05) is 6.07 Å². The smallest absolute Gasteiger partial charge is 0.223 e. The molecule has 140 valence electrons. The third-order valence-corrected chi connectivity index (χ3v) is 5.96. The summed E-state index contributed by atoms with van der Waals surface area (Å²) in [6.45, 7) is 7.21. The molecule has 0 radical (unpaired) electrons. The van der Waals surface area contributed by atoms with Gasteiger partial charge in [-0.3, -0.25) is 4.79 Å². The van der Waals surface area contributed by atoms with E-state index in [4.69, 9.17) is 4.74 Å². The average Bonchev–Trinajstić information content (AvgIpc) is 2.55. The normalized spacial score (nSPS) is 17.9. The highest BCUT2D eigenvalue weighted by Gasteiger charge is 2.29. The third-order valence-electron chi connectivity index (χ3n) is 4.66. The van der Waals surface area contributed by atoms with Crippen LogP contribution in [-0.2, 0) is 14.8 Å². The van der Waals surface area contributed by atoms with Crippen molar-refractivity contribution in [3.63, 3.8) is 0 Å². The number of rotatable bonds is 6. The van der Waals surface area contributed by atoms with Gasteiger partial charge in [0.1, 0.15) is 12.4 Å². The molecule has 0 spiro atoms. The lowest BCUT2D eigenvalue weighted by atomic mass is 9.97. The molecule has 6 nitrogen and oxygen atoms in total. The SMILES string of the molecule is Cc1ccc(OCC(C)NC(=O)C2CCN(S(C)(=O)=O)CC2)cc1C. The van der Waals surface area contributed by atoms with Crippen LogP contribution in [0.1, 0.15) is 30.9 Å². The maximum Gasteiger partial charge on any atom is 0.223 e. The molecule has 1 fully saturated rings. The van der Waals surface area contributed by atoms with Crippen LogP contribution in [0.3, 0.4) is 0 Å². The molecule has 1 N–H and O–H groups in total. The molecule has 1 atom stereocenters. The van der Waals surface area contributed by atoms with Crippen LogP contribution >= 0.6 is 0 Å². The number of piperidine rings is 1. The zero-order valence-electron chi connectivity index (χ0n) is 15.4. The number of aryl methyl sites for hydroxylation is 2. The number of nitrogens with zero attached hydrogens (tertiary/aromatic N) is 1. The highest BCUT2D eigenvalue weighted by Crippen LogP contribution is 2.20. The molecule has 25 heavy (non-hydrogen) atoms. The maximum atomic E-state index is 12.3. The van der Waals surface area contributed by atoms with Crippen molar-refractivity contribution in [3.05, 3.63) is 29.3 Å². The summed E-state index contributed by atoms with van der Waals surface area (Å²) >= 11 is 0. The van der Waals surface area contributed by atoms with Crippen LogP contribution in [0.5, 0.6) is 5.75 Å². The largest absolute Gasteiger partial charge is 0.491 e. The number of hydrogen-bond acceptors (Lipinski definition) is 4. The second-order valence-electron chi connectivity index (χ2n) is 6.90. The summed E-state index contributed by atoms with van der Waals surface area (Å²) < 4.78 is 30.2. The summed E-state index contributed by atoms with van der Waals surface area (Å²) in [4.78, 5) is 12.3. The molecule has 1 saturated heterocycles. The van der Waals surface area contributed by atoms with Crippen LogP contribution in [0.4, 0.5) is 0 Å². The molecule has 1 aliphatic rings. The fourth-order valence-corrected chi connectivity index (χ4v) is 3.75. The van der Waals surface area contributed by atoms with E-state index >= 15 is 0 Å². The summed E-state index contributed by atoms with van der Waals surface area (Å²) in [5.74, 6) is 0.636. The van der Waals surface area contributed by atoms with Gasteiger partial charge in [-0.15, -0.1) is 0 Å². The predicted molar refractivity (Wildman–Crippen MR) is 98.2 cm³/mol. The van der Waals surface area contributed by atoms with Gasteiger partial charge in [-0.05, 0) is 56.9 Å². The molecule has 2 rings (SSSR count). The van der Waals surface area contributed by atoms with Crippen LogP contribution in [0.25, 0.3) is 0 Å². The second-order valence-corrected chi connectivity index (χ2v) is 8.89. The van der Waals surface area contributed by atoms with Crippen LogP contribution in [0.2, 0.25) is 0 Å². The highest BCUT2D eigenvalue weighted by molar-refractivity contribution is 7.88. The van der Waals surface area contributed by atoms with Crippen molar-refractivity contribution in [2.75, 3.05) is 26.0 Å². The number of hydrogen-bond donors (Lipinski definition) is 1. The number of sulfonamides is 1. The Morgan fingerprint density at radius 3 is 2.48 bits per heavy atom. The maximum absolute atomic E-state index is 12.3. The average molecular weight is 368 g/mol. The first-order chi connectivity index (χ1) is 11.7. The molecule has 0 bridgehead atoms. The van der Waals surface area contributed by atoms with Crippen molar-refractivity contribution in [1.82, 2.24) is 9.62 Å². The Labute approximate surface area is 150 Å². The quantitative estimate of drug-likeness (QED) is 0.832. The van der Waals surface area contributed by atoms with E-state index in [1.807, 2.05) is 32.0 Å². The van der Waals surface area contributed by atoms with Gasteiger partial charge >= 0.3 is 0 Å². The van der Waals surface area contributed by atoms with Crippen LogP contribution < -0.4 is 10.1 Å². The monoisotopic (exact) mass is 368 g/mol. The molecular weight excluding hydrogens is 340 g/mol. The first-order valence-electron chi connectivity index (χ1n) is 8.62. The van der Waals surface area contributed by atoms with E-state index in [0.717, 1.165) is 5.75 Å². The summed E-state index contributed by atoms with van der Waals surface area (Å²) in [6, 6.07) is 5.83. The molecule has 1 amide bonds. The number of amides is 1. The summed E-state index contributed by atoms with van der Waals surface area (Å²) in [5.41, 5.74) is 2.39. The number of carbonyl (C=O) groups excluding carboxylic acids is 1. The second kappa shape index (κ2) is 8.19. The Kier molecular flexibility index (Phi) is 6.46. The Bertz CT molecular complexity index is 710. The van der Waals surface area contributed by atoms with Crippen molar-refractivity contribution in [2.45, 2.75) is 39.7 Å². The fourth-order valence-electron chi connectivity index (χ4n) is 2.88. The molecule has 1 aliphatic heterocycles. The minimum Gasteiger partial charge on any atom is -0.491 e. The molecule has 0 aliphatic carbocycles. The van der Waals surface area contributed by atoms with Crippen molar-refractivity contribution in [1.29, 1.82) is 0 Å². The summed E-state index contributed by atoms with van der Waals surface area (Å²) in [7, 11) is -3.16. The van der Waals surface area contributed by atoms with Crippen LogP contribution in [0, 0.1) is 19.8 Å². The van der Waals surface area contributed by atoms with E-state index < -0.39 is 10.0 Å². The number of carbonyl (C=O) groups is 1. The molecular formula is C18H28N2O4S. The van der Waals surface area contributed by atoms with Gasteiger partial charge in [0.2, 0.25) is 15.9 Å². The van der Waals surface area contributed by atoms with E-state index in [1.165, 1.54) is 21.7 Å². The van der Waals surface area contributed by atoms with E-state index in [0.29, 0.717) is 32.5 Å². The number of ether oxygens (including phenoxy) is 1. The molecule has 1 aromatic rings. The molecule has 1 heterocycles. The Morgan fingerprint density at radius 2 is 1.92 bits per heavy atom. The number of nitrogens with one attached hydrogen (secondary N) is 1. The predicted octanol–water partition coefficient (Wildman–Crippen LogP) is 1.86. The molecule has 7 heteroatoms. The third kappa shape index (κ3) is 5.71. The lowest BCUT2D eigenvalue weighted by Crippen LogP contribution is -2.45. The minimum atomic E-state index is -3.16. The first-order valence-corrected chi connectivity index (χ1v) is 10.5. The lowest BCUT2D eigenvalue weighted by Gasteiger charge is -2.30. The van der Waals surface area contributed by atoms with E-state index in [2.05, 4.69) is 12.2 Å². The molecule has 1 unspecified atom stereocenters. The van der Waals surface area contributed by atoms with Crippen LogP contribution in [-0.4, -0.2) is 50.6 Å². The lowest BCUT2D eigenvalue weighted by molar-refractivity contribution is -0.126. The molecule has 1 aromatic carbocycles. The van der Waals surface area contributed by atoms with Gasteiger partial charge in [-0.25, -0.2) is 12.7 Å². The van der Waals surface area contributed by atoms with Gasteiger partial charge in [0.05, 0.1) is 12.3 Å². The molecule has 0 saturated carbocycles. The van der Waals surface area contributed by atoms with Crippen LogP contribution in [0.15, 0.2) is 18.2 Å². The fraction of sp³-hybridized carbons (Fsp3) is 0.611. The van der Waals surface area contributed by atoms with E-state index in [1.54, 1.807) is 0 Å². The Balaban J connectivity index is 1.77. The van der Waals surface area contributed by atoms with Crippen molar-refractivity contribution >= 4 is 15.9 Å². The standard InChI is InChI=1S/C18H28N2O4S/c1-13-5-6-17(11-14(13)2)24-12-15(3)19-18(21)16-7-9-20(10-8-16)25(4,22)23/h5-6,11,15-16H,7-10,12H2,1-4H3,(H,19,21). The van der Waals surface area contributed by atoms with Crippen molar-refractivity contribution in [2.24, 2.45) is 5.92 Å².